The lowest BCUT2D eigenvalue weighted by atomic mass is 9.99. The van der Waals surface area contributed by atoms with Crippen molar-refractivity contribution in [2.45, 2.75) is 25.8 Å². The van der Waals surface area contributed by atoms with Gasteiger partial charge in [0.15, 0.2) is 0 Å². The first-order valence-electron chi connectivity index (χ1n) is 4.91. The number of aryl methyl sites for hydroxylation is 1. The topological polar surface area (TPSA) is 66.5 Å². The summed E-state index contributed by atoms with van der Waals surface area (Å²) in [5, 5.41) is 18.3. The van der Waals surface area contributed by atoms with E-state index in [2.05, 4.69) is 0 Å². The summed E-state index contributed by atoms with van der Waals surface area (Å²) in [6, 6.07) is 2.06. The van der Waals surface area contributed by atoms with Crippen molar-refractivity contribution in [3.05, 3.63) is 29.1 Å². The van der Waals surface area contributed by atoms with Crippen LogP contribution in [-0.2, 0) is 0 Å². The molecule has 1 rings (SSSR count). The summed E-state index contributed by atoms with van der Waals surface area (Å²) in [6.07, 6.45) is 1.06. The highest BCUT2D eigenvalue weighted by Crippen LogP contribution is 2.29. The largest absolute Gasteiger partial charge is 0.507 e. The van der Waals surface area contributed by atoms with Crippen LogP contribution in [0.1, 0.15) is 30.0 Å². The highest BCUT2D eigenvalue weighted by molar-refractivity contribution is 5.85. The van der Waals surface area contributed by atoms with E-state index in [0.717, 1.165) is 0 Å². The molecule has 0 spiro atoms. The van der Waals surface area contributed by atoms with Gasteiger partial charge in [-0.05, 0) is 37.5 Å². The van der Waals surface area contributed by atoms with E-state index >= 15 is 0 Å². The van der Waals surface area contributed by atoms with Gasteiger partial charge in [0, 0.05) is 18.2 Å². The SMILES string of the molecule is Cc1cc(F)cc([C@H](N)CCCO)c1O.Cl. The van der Waals surface area contributed by atoms with E-state index < -0.39 is 11.9 Å². The Morgan fingerprint density at radius 1 is 1.44 bits per heavy atom. The molecule has 0 amide bonds. The highest BCUT2D eigenvalue weighted by Gasteiger charge is 2.13. The molecule has 1 aromatic carbocycles. The Labute approximate surface area is 101 Å². The second kappa shape index (κ2) is 6.68. The van der Waals surface area contributed by atoms with E-state index in [9.17, 15) is 9.50 Å². The summed E-state index contributed by atoms with van der Waals surface area (Å²) in [4.78, 5) is 0. The Hall–Kier alpha value is -0.840. The van der Waals surface area contributed by atoms with E-state index in [1.54, 1.807) is 6.92 Å². The molecule has 0 aliphatic rings. The van der Waals surface area contributed by atoms with Crippen molar-refractivity contribution >= 4 is 12.4 Å². The summed E-state index contributed by atoms with van der Waals surface area (Å²) in [6.45, 7) is 1.67. The van der Waals surface area contributed by atoms with Gasteiger partial charge in [-0.2, -0.15) is 0 Å². The number of phenols is 1. The monoisotopic (exact) mass is 249 g/mol. The number of hydrogen-bond acceptors (Lipinski definition) is 3. The number of nitrogens with two attached hydrogens (primary N) is 1. The predicted molar refractivity (Wildman–Crippen MR) is 63.3 cm³/mol. The van der Waals surface area contributed by atoms with Crippen LogP contribution in [0.25, 0.3) is 0 Å². The van der Waals surface area contributed by atoms with Crippen molar-refractivity contribution < 1.29 is 14.6 Å². The number of benzene rings is 1. The Bertz CT molecular complexity index is 347. The Morgan fingerprint density at radius 3 is 2.62 bits per heavy atom. The molecule has 0 saturated carbocycles. The van der Waals surface area contributed by atoms with Crippen molar-refractivity contribution in [1.29, 1.82) is 0 Å². The molecule has 0 saturated heterocycles. The van der Waals surface area contributed by atoms with E-state index in [1.807, 2.05) is 0 Å². The molecule has 0 unspecified atom stereocenters. The van der Waals surface area contributed by atoms with E-state index in [0.29, 0.717) is 24.0 Å². The van der Waals surface area contributed by atoms with Crippen molar-refractivity contribution in [1.82, 2.24) is 0 Å². The molecule has 92 valence electrons. The van der Waals surface area contributed by atoms with Gasteiger partial charge in [0.2, 0.25) is 0 Å². The number of hydrogen-bond donors (Lipinski definition) is 3. The van der Waals surface area contributed by atoms with E-state index in [-0.39, 0.29) is 24.8 Å². The molecule has 0 radical (unpaired) electrons. The standard InChI is InChI=1S/C11H16FNO2.ClH/c1-7-5-8(12)6-9(11(7)15)10(13)3-2-4-14;/h5-6,10,14-15H,2-4,13H2,1H3;1H/t10-;/m1./s1. The molecule has 0 fully saturated rings. The minimum atomic E-state index is -0.438. The molecule has 1 atom stereocenters. The molecule has 1 aromatic rings. The summed E-state index contributed by atoms with van der Waals surface area (Å²) in [7, 11) is 0. The lowest BCUT2D eigenvalue weighted by Crippen LogP contribution is -2.11. The van der Waals surface area contributed by atoms with Gasteiger partial charge in [-0.3, -0.25) is 0 Å². The summed E-state index contributed by atoms with van der Waals surface area (Å²) in [5.41, 5.74) is 6.66. The van der Waals surface area contributed by atoms with Gasteiger partial charge in [-0.25, -0.2) is 4.39 Å². The van der Waals surface area contributed by atoms with Crippen LogP contribution >= 0.6 is 12.4 Å². The average molecular weight is 250 g/mol. The van der Waals surface area contributed by atoms with Crippen LogP contribution < -0.4 is 5.73 Å². The van der Waals surface area contributed by atoms with E-state index in [4.69, 9.17) is 10.8 Å². The molecule has 0 aliphatic heterocycles. The van der Waals surface area contributed by atoms with Crippen molar-refractivity contribution in [3.8, 4) is 5.75 Å². The average Bonchev–Trinajstić information content (AvgIpc) is 2.19. The Balaban J connectivity index is 0.00000225. The zero-order valence-electron chi connectivity index (χ0n) is 9.11. The second-order valence-electron chi connectivity index (χ2n) is 3.63. The van der Waals surface area contributed by atoms with Gasteiger partial charge >= 0.3 is 0 Å². The van der Waals surface area contributed by atoms with Gasteiger partial charge in [0.1, 0.15) is 11.6 Å². The first kappa shape index (κ1) is 15.2. The predicted octanol–water partition coefficient (Wildman–Crippen LogP) is 2.03. The van der Waals surface area contributed by atoms with Gasteiger partial charge in [0.25, 0.3) is 0 Å². The minimum absolute atomic E-state index is 0. The van der Waals surface area contributed by atoms with Gasteiger partial charge in [-0.15, -0.1) is 12.4 Å². The van der Waals surface area contributed by atoms with Gasteiger partial charge in [0.05, 0.1) is 0 Å². The number of aliphatic hydroxyl groups is 1. The minimum Gasteiger partial charge on any atom is -0.507 e. The molecule has 16 heavy (non-hydrogen) atoms. The third-order valence-corrected chi connectivity index (χ3v) is 2.37. The number of rotatable bonds is 4. The second-order valence-corrected chi connectivity index (χ2v) is 3.63. The number of phenolic OH excluding ortho intramolecular Hbond substituents is 1. The fourth-order valence-electron chi connectivity index (χ4n) is 1.51. The molecular weight excluding hydrogens is 233 g/mol. The van der Waals surface area contributed by atoms with Crippen molar-refractivity contribution in [2.75, 3.05) is 6.61 Å². The highest BCUT2D eigenvalue weighted by atomic mass is 35.5. The molecule has 5 heteroatoms. The first-order valence-corrected chi connectivity index (χ1v) is 4.91. The number of aliphatic hydroxyl groups excluding tert-OH is 1. The molecular formula is C11H17ClFNO2. The lowest BCUT2D eigenvalue weighted by molar-refractivity contribution is 0.279. The van der Waals surface area contributed by atoms with Crippen LogP contribution in [-0.4, -0.2) is 16.8 Å². The Kier molecular flexibility index (Phi) is 6.33. The van der Waals surface area contributed by atoms with E-state index in [1.165, 1.54) is 12.1 Å². The summed E-state index contributed by atoms with van der Waals surface area (Å²) in [5.74, 6) is -0.360. The lowest BCUT2D eigenvalue weighted by Gasteiger charge is -2.14. The third-order valence-electron chi connectivity index (χ3n) is 2.37. The van der Waals surface area contributed by atoms with Crippen LogP contribution in [0.15, 0.2) is 12.1 Å². The fourth-order valence-corrected chi connectivity index (χ4v) is 1.51. The van der Waals surface area contributed by atoms with Crippen LogP contribution in [0.2, 0.25) is 0 Å². The normalized spacial score (nSPS) is 12.0. The smallest absolute Gasteiger partial charge is 0.124 e. The summed E-state index contributed by atoms with van der Waals surface area (Å²) >= 11 is 0. The molecule has 0 heterocycles. The molecule has 0 aromatic heterocycles. The first-order chi connectivity index (χ1) is 7.06. The van der Waals surface area contributed by atoms with Crippen molar-refractivity contribution in [2.24, 2.45) is 5.73 Å². The van der Waals surface area contributed by atoms with Crippen molar-refractivity contribution in [3.63, 3.8) is 0 Å². The Morgan fingerprint density at radius 2 is 2.06 bits per heavy atom. The molecule has 0 bridgehead atoms. The van der Waals surface area contributed by atoms with Crippen LogP contribution in [0.4, 0.5) is 4.39 Å². The molecule has 3 nitrogen and oxygen atoms in total. The summed E-state index contributed by atoms with van der Waals surface area (Å²) < 4.78 is 13.1. The third kappa shape index (κ3) is 3.63. The zero-order chi connectivity index (χ0) is 11.4. The maximum Gasteiger partial charge on any atom is 0.124 e. The van der Waals surface area contributed by atoms with Crippen LogP contribution in [0, 0.1) is 12.7 Å². The number of aromatic hydroxyl groups is 1. The van der Waals surface area contributed by atoms with Gasteiger partial charge in [-0.1, -0.05) is 0 Å². The quantitative estimate of drug-likeness (QED) is 0.765. The fraction of sp³-hybridized carbons (Fsp3) is 0.455. The molecule has 4 N–H and O–H groups in total. The van der Waals surface area contributed by atoms with Crippen LogP contribution in [0.5, 0.6) is 5.75 Å². The zero-order valence-corrected chi connectivity index (χ0v) is 9.93. The number of halogens is 2. The van der Waals surface area contributed by atoms with Gasteiger partial charge < -0.3 is 15.9 Å². The van der Waals surface area contributed by atoms with Crippen LogP contribution in [0.3, 0.4) is 0 Å². The maximum atomic E-state index is 13.1. The molecule has 0 aliphatic carbocycles. The maximum absolute atomic E-state index is 13.1.